The van der Waals surface area contributed by atoms with Crippen molar-refractivity contribution in [3.05, 3.63) is 23.8 Å². The molecule has 0 radical (unpaired) electrons. The highest BCUT2D eigenvalue weighted by molar-refractivity contribution is 7.00. The highest BCUT2D eigenvalue weighted by atomic mass is 32.1. The first-order chi connectivity index (χ1) is 10.8. The van der Waals surface area contributed by atoms with Crippen molar-refractivity contribution in [3.63, 3.8) is 0 Å². The number of benzene rings is 1. The summed E-state index contributed by atoms with van der Waals surface area (Å²) >= 11 is 1.19. The molecule has 22 heavy (non-hydrogen) atoms. The fourth-order valence-electron chi connectivity index (χ4n) is 3.36. The minimum absolute atomic E-state index is 0.130. The van der Waals surface area contributed by atoms with Gasteiger partial charge in [0.2, 0.25) is 0 Å². The first kappa shape index (κ1) is 14.1. The van der Waals surface area contributed by atoms with Crippen molar-refractivity contribution in [1.82, 2.24) is 18.5 Å². The maximum absolute atomic E-state index is 12.7. The molecule has 0 unspecified atom stereocenters. The van der Waals surface area contributed by atoms with Gasteiger partial charge >= 0.3 is 0 Å². The molecule has 5 nitrogen and oxygen atoms in total. The summed E-state index contributed by atoms with van der Waals surface area (Å²) in [5, 5.41) is 0. The fourth-order valence-corrected chi connectivity index (χ4v) is 3.87. The summed E-state index contributed by atoms with van der Waals surface area (Å²) in [7, 11) is 0. The highest BCUT2D eigenvalue weighted by Gasteiger charge is 2.28. The average Bonchev–Trinajstić information content (AvgIpc) is 2.82. The molecule has 1 aliphatic carbocycles. The van der Waals surface area contributed by atoms with Crippen molar-refractivity contribution < 1.29 is 4.79 Å². The molecule has 0 bridgehead atoms. The molecule has 1 saturated heterocycles. The van der Waals surface area contributed by atoms with E-state index in [0.717, 1.165) is 55.2 Å². The lowest BCUT2D eigenvalue weighted by atomic mass is 9.91. The average molecular weight is 316 g/mol. The minimum Gasteiger partial charge on any atom is -0.337 e. The summed E-state index contributed by atoms with van der Waals surface area (Å²) in [5.41, 5.74) is 2.42. The number of carbonyl (C=O) groups is 1. The Morgan fingerprint density at radius 1 is 1.05 bits per heavy atom. The molecule has 2 aliphatic rings. The van der Waals surface area contributed by atoms with Gasteiger partial charge in [0.25, 0.3) is 5.91 Å². The molecule has 2 heterocycles. The Bertz CT molecular complexity index is 682. The molecule has 1 aliphatic heterocycles. The predicted molar refractivity (Wildman–Crippen MR) is 87.1 cm³/mol. The number of hydrogen-bond acceptors (Lipinski definition) is 5. The van der Waals surface area contributed by atoms with E-state index in [1.165, 1.54) is 31.0 Å². The van der Waals surface area contributed by atoms with Gasteiger partial charge in [0.05, 0.1) is 11.7 Å². The Morgan fingerprint density at radius 2 is 1.91 bits per heavy atom. The van der Waals surface area contributed by atoms with E-state index in [1.807, 2.05) is 23.1 Å². The molecular formula is C16H20N4OS. The van der Waals surface area contributed by atoms with Crippen molar-refractivity contribution >= 4 is 28.7 Å². The van der Waals surface area contributed by atoms with Crippen molar-refractivity contribution in [2.24, 2.45) is 0 Å². The molecule has 0 spiro atoms. The summed E-state index contributed by atoms with van der Waals surface area (Å²) < 4.78 is 8.42. The standard InChI is InChI=1S/C16H20N4OS/c21-16(12-5-6-14-15(11-12)18-22-17-14)20-8-2-7-19(9-10-20)13-3-1-4-13/h5-6,11,13H,1-4,7-10H2. The van der Waals surface area contributed by atoms with Crippen LogP contribution >= 0.6 is 11.7 Å². The number of aromatic nitrogens is 2. The third kappa shape index (κ3) is 2.61. The van der Waals surface area contributed by atoms with E-state index >= 15 is 0 Å². The molecule has 1 aromatic heterocycles. The van der Waals surface area contributed by atoms with Crippen LogP contribution in [0.1, 0.15) is 36.0 Å². The van der Waals surface area contributed by atoms with Gasteiger partial charge in [0.1, 0.15) is 11.0 Å². The van der Waals surface area contributed by atoms with Crippen LogP contribution in [-0.2, 0) is 0 Å². The Labute approximate surface area is 134 Å². The molecule has 1 saturated carbocycles. The number of carbonyl (C=O) groups excluding carboxylic acids is 1. The molecule has 2 aromatic rings. The Hall–Kier alpha value is -1.53. The summed E-state index contributed by atoms with van der Waals surface area (Å²) in [4.78, 5) is 17.3. The third-order valence-electron chi connectivity index (χ3n) is 4.91. The SMILES string of the molecule is O=C(c1ccc2nsnc2c1)N1CCCN(C2CCC2)CC1. The summed E-state index contributed by atoms with van der Waals surface area (Å²) in [6.45, 7) is 3.83. The molecule has 0 N–H and O–H groups in total. The lowest BCUT2D eigenvalue weighted by molar-refractivity contribution is 0.0749. The van der Waals surface area contributed by atoms with Gasteiger partial charge in [-0.2, -0.15) is 8.75 Å². The molecule has 116 valence electrons. The van der Waals surface area contributed by atoms with Gasteiger partial charge in [0, 0.05) is 37.8 Å². The lowest BCUT2D eigenvalue weighted by Crippen LogP contribution is -2.42. The fraction of sp³-hybridized carbons (Fsp3) is 0.562. The zero-order valence-corrected chi connectivity index (χ0v) is 13.4. The van der Waals surface area contributed by atoms with Crippen molar-refractivity contribution in [3.8, 4) is 0 Å². The molecule has 4 rings (SSSR count). The van der Waals surface area contributed by atoms with Crippen molar-refractivity contribution in [2.75, 3.05) is 26.2 Å². The third-order valence-corrected chi connectivity index (χ3v) is 5.47. The van der Waals surface area contributed by atoms with Crippen LogP contribution in [0, 0.1) is 0 Å². The number of amides is 1. The van der Waals surface area contributed by atoms with Crippen molar-refractivity contribution in [1.29, 1.82) is 0 Å². The quantitative estimate of drug-likeness (QED) is 0.853. The maximum Gasteiger partial charge on any atom is 0.253 e. The topological polar surface area (TPSA) is 49.3 Å². The van der Waals surface area contributed by atoms with E-state index in [1.54, 1.807) is 0 Å². The lowest BCUT2D eigenvalue weighted by Gasteiger charge is -2.36. The van der Waals surface area contributed by atoms with Gasteiger partial charge in [-0.05, 0) is 37.5 Å². The molecule has 0 atom stereocenters. The van der Waals surface area contributed by atoms with Crippen LogP contribution in [0.4, 0.5) is 0 Å². The van der Waals surface area contributed by atoms with Crippen molar-refractivity contribution in [2.45, 2.75) is 31.7 Å². The molecule has 2 fully saturated rings. The van der Waals surface area contributed by atoms with E-state index < -0.39 is 0 Å². The van der Waals surface area contributed by atoms with Crippen LogP contribution in [-0.4, -0.2) is 56.7 Å². The zero-order valence-electron chi connectivity index (χ0n) is 12.6. The Morgan fingerprint density at radius 3 is 2.73 bits per heavy atom. The molecule has 1 amide bonds. The zero-order chi connectivity index (χ0) is 14.9. The summed E-state index contributed by atoms with van der Waals surface area (Å²) in [6.07, 6.45) is 5.11. The summed E-state index contributed by atoms with van der Waals surface area (Å²) in [5.74, 6) is 0.130. The normalized spacial score (nSPS) is 20.8. The molecule has 6 heteroatoms. The number of hydrogen-bond donors (Lipinski definition) is 0. The van der Waals surface area contributed by atoms with Gasteiger partial charge < -0.3 is 4.90 Å². The van der Waals surface area contributed by atoms with Gasteiger partial charge in [0.15, 0.2) is 0 Å². The Balaban J connectivity index is 1.47. The van der Waals surface area contributed by atoms with Crippen LogP contribution in [0.3, 0.4) is 0 Å². The van der Waals surface area contributed by atoms with Gasteiger partial charge in [-0.3, -0.25) is 9.69 Å². The Kier molecular flexibility index (Phi) is 3.80. The summed E-state index contributed by atoms with van der Waals surface area (Å²) in [6, 6.07) is 6.41. The van der Waals surface area contributed by atoms with Gasteiger partial charge in [-0.1, -0.05) is 6.42 Å². The molecular weight excluding hydrogens is 296 g/mol. The highest BCUT2D eigenvalue weighted by Crippen LogP contribution is 2.26. The number of rotatable bonds is 2. The van der Waals surface area contributed by atoms with Crippen LogP contribution in [0.2, 0.25) is 0 Å². The predicted octanol–water partition coefficient (Wildman–Crippen LogP) is 2.39. The monoisotopic (exact) mass is 316 g/mol. The van der Waals surface area contributed by atoms with Gasteiger partial charge in [-0.25, -0.2) is 0 Å². The van der Waals surface area contributed by atoms with Crippen LogP contribution in [0.5, 0.6) is 0 Å². The van der Waals surface area contributed by atoms with Crippen LogP contribution in [0.25, 0.3) is 11.0 Å². The van der Waals surface area contributed by atoms with E-state index in [2.05, 4.69) is 13.6 Å². The second-order valence-corrected chi connectivity index (χ2v) is 6.76. The van der Waals surface area contributed by atoms with E-state index in [4.69, 9.17) is 0 Å². The minimum atomic E-state index is 0.130. The largest absolute Gasteiger partial charge is 0.337 e. The number of fused-ring (bicyclic) bond motifs is 1. The second kappa shape index (κ2) is 5.93. The van der Waals surface area contributed by atoms with Crippen LogP contribution < -0.4 is 0 Å². The second-order valence-electron chi connectivity index (χ2n) is 6.23. The molecule has 1 aromatic carbocycles. The van der Waals surface area contributed by atoms with Crippen LogP contribution in [0.15, 0.2) is 18.2 Å². The smallest absolute Gasteiger partial charge is 0.253 e. The first-order valence-corrected chi connectivity index (χ1v) is 8.80. The first-order valence-electron chi connectivity index (χ1n) is 8.07. The van der Waals surface area contributed by atoms with Gasteiger partial charge in [-0.15, -0.1) is 0 Å². The van der Waals surface area contributed by atoms with E-state index in [-0.39, 0.29) is 5.91 Å². The maximum atomic E-state index is 12.7. The number of nitrogens with zero attached hydrogens (tertiary/aromatic N) is 4. The van der Waals surface area contributed by atoms with E-state index in [0.29, 0.717) is 0 Å². The van der Waals surface area contributed by atoms with E-state index in [9.17, 15) is 4.79 Å².